The van der Waals surface area contributed by atoms with Crippen molar-refractivity contribution < 1.29 is 13.2 Å². The summed E-state index contributed by atoms with van der Waals surface area (Å²) >= 11 is 14.9. The van der Waals surface area contributed by atoms with E-state index in [9.17, 15) is 13.2 Å². The van der Waals surface area contributed by atoms with E-state index in [1.165, 1.54) is 29.7 Å². The lowest BCUT2D eigenvalue weighted by atomic mass is 10.1. The summed E-state index contributed by atoms with van der Waals surface area (Å²) in [5.74, 6) is 0. The van der Waals surface area contributed by atoms with Crippen LogP contribution in [0.2, 0.25) is 10.0 Å². The average Bonchev–Trinajstić information content (AvgIpc) is 3.36. The number of alkyl halides is 3. The Morgan fingerprint density at radius 3 is 2.55 bits per heavy atom. The van der Waals surface area contributed by atoms with Crippen LogP contribution in [0.3, 0.4) is 0 Å². The molecule has 3 nitrogen and oxygen atoms in total. The second kappa shape index (κ2) is 8.50. The lowest BCUT2D eigenvalue weighted by Crippen LogP contribution is -2.08. The fraction of sp³-hybridized carbons (Fsp3) is 0.143. The number of aromatic nitrogens is 3. The Bertz CT molecular complexity index is 1270. The molecular formula is C21H14Cl2F3N3S2. The molecule has 0 atom stereocenters. The van der Waals surface area contributed by atoms with Crippen LogP contribution in [0, 0.1) is 6.92 Å². The first-order chi connectivity index (χ1) is 14.7. The maximum Gasteiger partial charge on any atom is 0.435 e. The van der Waals surface area contributed by atoms with Gasteiger partial charge in [0.05, 0.1) is 15.7 Å². The molecule has 0 aliphatic rings. The summed E-state index contributed by atoms with van der Waals surface area (Å²) in [6, 6.07) is 8.25. The normalized spacial score (nSPS) is 11.8. The van der Waals surface area contributed by atoms with Crippen LogP contribution in [-0.4, -0.2) is 21.0 Å². The molecule has 0 amide bonds. The summed E-state index contributed by atoms with van der Waals surface area (Å²) in [7, 11) is 0. The van der Waals surface area contributed by atoms with E-state index in [2.05, 4.69) is 10.1 Å². The third-order valence-corrected chi connectivity index (χ3v) is 6.89. The van der Waals surface area contributed by atoms with Gasteiger partial charge in [-0.3, -0.25) is 0 Å². The van der Waals surface area contributed by atoms with Crippen LogP contribution in [0.25, 0.3) is 27.3 Å². The van der Waals surface area contributed by atoms with Gasteiger partial charge in [-0.25, -0.2) is 9.67 Å². The van der Waals surface area contributed by atoms with Crippen molar-refractivity contribution in [2.24, 2.45) is 0 Å². The predicted molar refractivity (Wildman–Crippen MR) is 122 cm³/mol. The number of halogens is 5. The van der Waals surface area contributed by atoms with Crippen molar-refractivity contribution in [1.29, 1.82) is 0 Å². The number of pyridine rings is 1. The zero-order valence-corrected chi connectivity index (χ0v) is 19.3. The zero-order valence-electron chi connectivity index (χ0n) is 16.2. The van der Waals surface area contributed by atoms with Gasteiger partial charge in [0.2, 0.25) is 0 Å². The molecule has 0 bridgehead atoms. The molecule has 4 rings (SSSR count). The van der Waals surface area contributed by atoms with Gasteiger partial charge in [-0.15, -0.1) is 23.1 Å². The van der Waals surface area contributed by atoms with E-state index in [0.717, 1.165) is 26.4 Å². The summed E-state index contributed by atoms with van der Waals surface area (Å²) in [4.78, 5) is 4.86. The van der Waals surface area contributed by atoms with Crippen LogP contribution in [0.5, 0.6) is 0 Å². The number of nitrogens with zero attached hydrogens (tertiary/aromatic N) is 3. The minimum absolute atomic E-state index is 0.0230. The molecular weight excluding hydrogens is 486 g/mol. The fourth-order valence-corrected chi connectivity index (χ4v) is 4.95. The molecule has 0 saturated heterocycles. The topological polar surface area (TPSA) is 30.7 Å². The summed E-state index contributed by atoms with van der Waals surface area (Å²) in [6.07, 6.45) is 0.370. The molecule has 31 heavy (non-hydrogen) atoms. The van der Waals surface area contributed by atoms with Gasteiger partial charge in [0.25, 0.3) is 0 Å². The quantitative estimate of drug-likeness (QED) is 0.266. The second-order valence-corrected chi connectivity index (χ2v) is 9.23. The van der Waals surface area contributed by atoms with Crippen LogP contribution in [-0.2, 0) is 6.18 Å². The lowest BCUT2D eigenvalue weighted by Gasteiger charge is -2.05. The van der Waals surface area contributed by atoms with Crippen molar-refractivity contribution in [2.75, 3.05) is 6.26 Å². The van der Waals surface area contributed by atoms with Crippen molar-refractivity contribution in [3.8, 4) is 27.3 Å². The highest BCUT2D eigenvalue weighted by molar-refractivity contribution is 7.98. The van der Waals surface area contributed by atoms with Crippen molar-refractivity contribution in [3.05, 3.63) is 69.4 Å². The lowest BCUT2D eigenvalue weighted by molar-refractivity contribution is -0.140. The molecule has 10 heteroatoms. The number of thioether (sulfide) groups is 1. The molecule has 0 aliphatic heterocycles. The maximum absolute atomic E-state index is 13.8. The zero-order chi connectivity index (χ0) is 22.3. The summed E-state index contributed by atoms with van der Waals surface area (Å²) in [6.45, 7) is 1.95. The number of rotatable bonds is 4. The molecule has 160 valence electrons. The van der Waals surface area contributed by atoms with E-state index < -0.39 is 11.9 Å². The Labute approximate surface area is 194 Å². The van der Waals surface area contributed by atoms with E-state index in [4.69, 9.17) is 23.2 Å². The van der Waals surface area contributed by atoms with Gasteiger partial charge in [-0.1, -0.05) is 23.2 Å². The SMILES string of the molecule is CSc1ncc(-c2csc(-c3cn(-c4cc(Cl)ccc4Cl)nc3C(F)(F)F)c2)cc1C. The minimum atomic E-state index is -4.63. The highest BCUT2D eigenvalue weighted by atomic mass is 35.5. The molecule has 3 heterocycles. The third-order valence-electron chi connectivity index (χ3n) is 4.56. The summed E-state index contributed by atoms with van der Waals surface area (Å²) < 4.78 is 42.4. The van der Waals surface area contributed by atoms with Gasteiger partial charge in [0.1, 0.15) is 0 Å². The van der Waals surface area contributed by atoms with Gasteiger partial charge in [-0.2, -0.15) is 18.3 Å². The first-order valence-corrected chi connectivity index (χ1v) is 11.8. The van der Waals surface area contributed by atoms with Gasteiger partial charge < -0.3 is 0 Å². The predicted octanol–water partition coefficient (Wildman–Crippen LogP) is 8.02. The van der Waals surface area contributed by atoms with Crippen LogP contribution < -0.4 is 0 Å². The Morgan fingerprint density at radius 2 is 1.87 bits per heavy atom. The van der Waals surface area contributed by atoms with Crippen LogP contribution in [0.15, 0.2) is 53.1 Å². The molecule has 0 N–H and O–H groups in total. The average molecular weight is 500 g/mol. The second-order valence-electron chi connectivity index (χ2n) is 6.68. The molecule has 0 aliphatic carbocycles. The molecule has 0 unspecified atom stereocenters. The van der Waals surface area contributed by atoms with Gasteiger partial charge in [0.15, 0.2) is 5.69 Å². The van der Waals surface area contributed by atoms with Gasteiger partial charge in [-0.05, 0) is 60.0 Å². The highest BCUT2D eigenvalue weighted by Crippen LogP contribution is 2.41. The van der Waals surface area contributed by atoms with Crippen LogP contribution >= 0.6 is 46.3 Å². The smallest absolute Gasteiger partial charge is 0.249 e. The Hall–Kier alpha value is -2.00. The highest BCUT2D eigenvalue weighted by Gasteiger charge is 2.38. The number of thiophene rings is 1. The van der Waals surface area contributed by atoms with Crippen molar-refractivity contribution in [3.63, 3.8) is 0 Å². The van der Waals surface area contributed by atoms with Crippen LogP contribution in [0.1, 0.15) is 11.3 Å². The monoisotopic (exact) mass is 499 g/mol. The molecule has 3 aromatic heterocycles. The molecule has 0 saturated carbocycles. The van der Waals surface area contributed by atoms with Crippen molar-refractivity contribution in [2.45, 2.75) is 18.1 Å². The van der Waals surface area contributed by atoms with Crippen molar-refractivity contribution in [1.82, 2.24) is 14.8 Å². The van der Waals surface area contributed by atoms with Gasteiger partial charge >= 0.3 is 6.18 Å². The maximum atomic E-state index is 13.8. The molecule has 4 aromatic rings. The van der Waals surface area contributed by atoms with E-state index in [1.54, 1.807) is 30.1 Å². The first-order valence-electron chi connectivity index (χ1n) is 8.89. The summed E-state index contributed by atoms with van der Waals surface area (Å²) in [5.41, 5.74) is 1.92. The minimum Gasteiger partial charge on any atom is -0.249 e. The number of hydrogen-bond acceptors (Lipinski definition) is 4. The fourth-order valence-electron chi connectivity index (χ4n) is 3.11. The number of aryl methyl sites for hydroxylation is 1. The van der Waals surface area contributed by atoms with E-state index in [-0.39, 0.29) is 16.3 Å². The molecule has 0 radical (unpaired) electrons. The molecule has 1 aromatic carbocycles. The van der Waals surface area contributed by atoms with Crippen molar-refractivity contribution >= 4 is 46.3 Å². The molecule has 0 fully saturated rings. The van der Waals surface area contributed by atoms with E-state index in [1.807, 2.05) is 24.6 Å². The largest absolute Gasteiger partial charge is 0.435 e. The van der Waals surface area contributed by atoms with Gasteiger partial charge in [0, 0.05) is 33.4 Å². The Morgan fingerprint density at radius 1 is 1.10 bits per heavy atom. The third kappa shape index (κ3) is 4.48. The first kappa shape index (κ1) is 22.2. The standard InChI is InChI=1S/C21H14Cl2F3N3S2/c1-11-5-12(8-27-20(11)30-2)13-6-18(31-10-13)15-9-29(28-19(15)21(24,25)26)17-7-14(22)3-4-16(17)23/h3-10H,1-2H3. The van der Waals surface area contributed by atoms with Crippen LogP contribution in [0.4, 0.5) is 13.2 Å². The summed E-state index contributed by atoms with van der Waals surface area (Å²) in [5, 5.41) is 7.11. The van der Waals surface area contributed by atoms with E-state index in [0.29, 0.717) is 9.90 Å². The number of hydrogen-bond donors (Lipinski definition) is 0. The molecule has 0 spiro atoms. The Balaban J connectivity index is 1.80. The van der Waals surface area contributed by atoms with E-state index >= 15 is 0 Å². The Kier molecular flexibility index (Phi) is 6.09. The number of benzene rings is 1.